The van der Waals surface area contributed by atoms with E-state index in [1.165, 1.54) is 4.68 Å². The van der Waals surface area contributed by atoms with Crippen LogP contribution in [0.2, 0.25) is 0 Å². The van der Waals surface area contributed by atoms with Crippen LogP contribution < -0.4 is 5.32 Å². The summed E-state index contributed by atoms with van der Waals surface area (Å²) in [7, 11) is 1.68. The van der Waals surface area contributed by atoms with Gasteiger partial charge in [0.1, 0.15) is 5.69 Å². The molecule has 0 bridgehead atoms. The van der Waals surface area contributed by atoms with Crippen LogP contribution in [0.1, 0.15) is 35.5 Å². The maximum absolute atomic E-state index is 12.5. The van der Waals surface area contributed by atoms with Crippen LogP contribution in [0.5, 0.6) is 0 Å². The monoisotopic (exact) mass is 315 g/mol. The normalized spacial score (nSPS) is 11.3. The Hall–Kier alpha value is -2.63. The first-order valence-electron chi connectivity index (χ1n) is 7.37. The summed E-state index contributed by atoms with van der Waals surface area (Å²) in [6.07, 6.45) is 1.80. The maximum Gasteiger partial charge on any atom is 0.309 e. The number of carboxylic acids is 1. The molecule has 0 fully saturated rings. The predicted octanol–water partition coefficient (Wildman–Crippen LogP) is 2.00. The third-order valence-electron chi connectivity index (χ3n) is 3.74. The molecule has 0 radical (unpaired) electrons. The van der Waals surface area contributed by atoms with E-state index in [2.05, 4.69) is 10.4 Å². The first-order chi connectivity index (χ1) is 10.8. The molecule has 23 heavy (non-hydrogen) atoms. The first kappa shape index (κ1) is 16.7. The Morgan fingerprint density at radius 3 is 2.52 bits per heavy atom. The summed E-state index contributed by atoms with van der Waals surface area (Å²) >= 11 is 0. The van der Waals surface area contributed by atoms with Gasteiger partial charge in [0.05, 0.1) is 11.6 Å². The average Bonchev–Trinajstić information content (AvgIpc) is 2.86. The second-order valence-electron chi connectivity index (χ2n) is 6.18. The van der Waals surface area contributed by atoms with E-state index in [0.717, 1.165) is 5.56 Å². The third-order valence-corrected chi connectivity index (χ3v) is 3.74. The number of benzene rings is 1. The van der Waals surface area contributed by atoms with Crippen LogP contribution in [0.3, 0.4) is 0 Å². The third kappa shape index (κ3) is 3.97. The van der Waals surface area contributed by atoms with Crippen molar-refractivity contribution in [2.75, 3.05) is 0 Å². The molecule has 6 nitrogen and oxygen atoms in total. The predicted molar refractivity (Wildman–Crippen MR) is 85.9 cm³/mol. The molecule has 1 amide bonds. The zero-order chi connectivity index (χ0) is 17.0. The second kappa shape index (κ2) is 6.64. The average molecular weight is 315 g/mol. The summed E-state index contributed by atoms with van der Waals surface area (Å²) in [6.45, 7) is 3.68. The Labute approximate surface area is 135 Å². The molecule has 0 aliphatic carbocycles. The van der Waals surface area contributed by atoms with Crippen molar-refractivity contribution in [3.8, 4) is 0 Å². The minimum Gasteiger partial charge on any atom is -0.481 e. The van der Waals surface area contributed by atoms with Gasteiger partial charge in [0.25, 0.3) is 5.91 Å². The number of aliphatic carboxylic acids is 1. The lowest BCUT2D eigenvalue weighted by molar-refractivity contribution is -0.146. The quantitative estimate of drug-likeness (QED) is 0.854. The van der Waals surface area contributed by atoms with Gasteiger partial charge >= 0.3 is 5.97 Å². The molecule has 0 saturated carbocycles. The zero-order valence-electron chi connectivity index (χ0n) is 13.5. The number of carboxylic acid groups (broad SMARTS) is 1. The van der Waals surface area contributed by atoms with Gasteiger partial charge in [-0.2, -0.15) is 5.10 Å². The van der Waals surface area contributed by atoms with Crippen LogP contribution in [-0.4, -0.2) is 26.8 Å². The summed E-state index contributed by atoms with van der Waals surface area (Å²) < 4.78 is 1.48. The van der Waals surface area contributed by atoms with E-state index in [-0.39, 0.29) is 12.3 Å². The highest BCUT2D eigenvalue weighted by Gasteiger charge is 2.30. The van der Waals surface area contributed by atoms with Crippen molar-refractivity contribution >= 4 is 11.9 Å². The second-order valence-corrected chi connectivity index (χ2v) is 6.18. The van der Waals surface area contributed by atoms with Gasteiger partial charge in [0, 0.05) is 19.2 Å². The number of rotatable bonds is 6. The Balaban J connectivity index is 2.14. The number of hydrogen-bond acceptors (Lipinski definition) is 3. The fraction of sp³-hybridized carbons (Fsp3) is 0.353. The molecule has 2 N–H and O–H groups in total. The number of amides is 1. The SMILES string of the molecule is Cn1ncc(CC(C)(C)C(=O)O)c1C(=O)NCc1ccccc1. The topological polar surface area (TPSA) is 84.2 Å². The largest absolute Gasteiger partial charge is 0.481 e. The molecule has 0 unspecified atom stereocenters. The smallest absolute Gasteiger partial charge is 0.309 e. The molecule has 0 spiro atoms. The number of nitrogens with zero attached hydrogens (tertiary/aromatic N) is 2. The summed E-state index contributed by atoms with van der Waals surface area (Å²) in [5.41, 5.74) is 1.06. The van der Waals surface area contributed by atoms with Crippen molar-refractivity contribution in [2.45, 2.75) is 26.8 Å². The molecule has 1 aromatic heterocycles. The molecule has 0 saturated heterocycles. The molecule has 1 aromatic carbocycles. The number of aromatic nitrogens is 2. The van der Waals surface area contributed by atoms with E-state index in [1.807, 2.05) is 30.3 Å². The molecule has 2 rings (SSSR count). The number of carbonyl (C=O) groups is 2. The van der Waals surface area contributed by atoms with E-state index >= 15 is 0 Å². The standard InChI is InChI=1S/C17H21N3O3/c1-17(2,16(22)23)9-13-11-19-20(3)14(13)15(21)18-10-12-7-5-4-6-8-12/h4-8,11H,9-10H2,1-3H3,(H,18,21)(H,22,23). The van der Waals surface area contributed by atoms with Gasteiger partial charge in [0.2, 0.25) is 0 Å². The molecular weight excluding hydrogens is 294 g/mol. The van der Waals surface area contributed by atoms with Gasteiger partial charge in [-0.3, -0.25) is 14.3 Å². The van der Waals surface area contributed by atoms with Crippen LogP contribution in [0, 0.1) is 5.41 Å². The fourth-order valence-electron chi connectivity index (χ4n) is 2.32. The van der Waals surface area contributed by atoms with Crippen LogP contribution in [0.4, 0.5) is 0 Å². The number of nitrogens with one attached hydrogen (secondary N) is 1. The van der Waals surface area contributed by atoms with Gasteiger partial charge in [-0.1, -0.05) is 30.3 Å². The number of carbonyl (C=O) groups excluding carboxylic acids is 1. The minimum atomic E-state index is -0.961. The van der Waals surface area contributed by atoms with Crippen molar-refractivity contribution in [1.82, 2.24) is 15.1 Å². The fourth-order valence-corrected chi connectivity index (χ4v) is 2.32. The Kier molecular flexibility index (Phi) is 4.83. The summed E-state index contributed by atoms with van der Waals surface area (Å²) in [4.78, 5) is 23.8. The van der Waals surface area contributed by atoms with Crippen LogP contribution >= 0.6 is 0 Å². The number of aryl methyl sites for hydroxylation is 1. The highest BCUT2D eigenvalue weighted by molar-refractivity contribution is 5.94. The van der Waals surface area contributed by atoms with Crippen molar-refractivity contribution in [3.63, 3.8) is 0 Å². The zero-order valence-corrected chi connectivity index (χ0v) is 13.5. The van der Waals surface area contributed by atoms with Crippen molar-refractivity contribution in [3.05, 3.63) is 53.3 Å². The molecule has 122 valence electrons. The first-order valence-corrected chi connectivity index (χ1v) is 7.37. The van der Waals surface area contributed by atoms with Gasteiger partial charge in [-0.25, -0.2) is 0 Å². The lowest BCUT2D eigenvalue weighted by atomic mass is 9.86. The summed E-state index contributed by atoms with van der Waals surface area (Å²) in [6, 6.07) is 9.59. The minimum absolute atomic E-state index is 0.240. The van der Waals surface area contributed by atoms with E-state index in [4.69, 9.17) is 0 Å². The van der Waals surface area contributed by atoms with Crippen LogP contribution in [-0.2, 0) is 24.8 Å². The lowest BCUT2D eigenvalue weighted by Gasteiger charge is -2.19. The lowest BCUT2D eigenvalue weighted by Crippen LogP contribution is -2.30. The van der Waals surface area contributed by atoms with Crippen LogP contribution in [0.15, 0.2) is 36.5 Å². The molecular formula is C17H21N3O3. The van der Waals surface area contributed by atoms with Crippen molar-refractivity contribution in [1.29, 1.82) is 0 Å². The van der Waals surface area contributed by atoms with Gasteiger partial charge in [-0.15, -0.1) is 0 Å². The highest BCUT2D eigenvalue weighted by atomic mass is 16.4. The number of hydrogen-bond donors (Lipinski definition) is 2. The Morgan fingerprint density at radius 1 is 1.26 bits per heavy atom. The van der Waals surface area contributed by atoms with Crippen molar-refractivity contribution in [2.24, 2.45) is 12.5 Å². The molecule has 0 aliphatic rings. The maximum atomic E-state index is 12.5. The summed E-state index contributed by atoms with van der Waals surface area (Å²) in [5, 5.41) is 16.2. The molecule has 0 atom stereocenters. The molecule has 0 aliphatic heterocycles. The molecule has 2 aromatic rings. The molecule has 6 heteroatoms. The van der Waals surface area contributed by atoms with E-state index in [9.17, 15) is 14.7 Å². The van der Waals surface area contributed by atoms with Crippen LogP contribution in [0.25, 0.3) is 0 Å². The van der Waals surface area contributed by atoms with E-state index < -0.39 is 11.4 Å². The van der Waals surface area contributed by atoms with Crippen molar-refractivity contribution < 1.29 is 14.7 Å². The highest BCUT2D eigenvalue weighted by Crippen LogP contribution is 2.24. The Morgan fingerprint density at radius 2 is 1.91 bits per heavy atom. The summed E-state index contributed by atoms with van der Waals surface area (Å²) in [5.74, 6) is -1.16. The molecule has 1 heterocycles. The van der Waals surface area contributed by atoms with Gasteiger partial charge < -0.3 is 10.4 Å². The Bertz CT molecular complexity index is 705. The van der Waals surface area contributed by atoms with Gasteiger partial charge in [0.15, 0.2) is 0 Å². The van der Waals surface area contributed by atoms with E-state index in [0.29, 0.717) is 17.8 Å². The van der Waals surface area contributed by atoms with E-state index in [1.54, 1.807) is 27.1 Å². The van der Waals surface area contributed by atoms with Gasteiger partial charge in [-0.05, 0) is 25.8 Å².